The molecular formula is C25H21ClF2O4. The van der Waals surface area contributed by atoms with Gasteiger partial charge in [-0.15, -0.1) is 0 Å². The van der Waals surface area contributed by atoms with Crippen LogP contribution in [0.5, 0.6) is 0 Å². The molecule has 1 heterocycles. The number of benzene rings is 3. The molecule has 0 atom stereocenters. The normalized spacial score (nSPS) is 17.0. The molecule has 1 saturated heterocycles. The second-order valence-corrected chi connectivity index (χ2v) is 7.95. The molecule has 1 fully saturated rings. The highest BCUT2D eigenvalue weighted by molar-refractivity contribution is 6.30. The summed E-state index contributed by atoms with van der Waals surface area (Å²) in [5.41, 5.74) is 0.953. The van der Waals surface area contributed by atoms with Gasteiger partial charge < -0.3 is 14.2 Å². The Balaban J connectivity index is 1.77. The quantitative estimate of drug-likeness (QED) is 0.482. The number of esters is 1. The average molecular weight is 459 g/mol. The molecule has 0 amide bonds. The summed E-state index contributed by atoms with van der Waals surface area (Å²) in [6.45, 7) is 1.84. The second kappa shape index (κ2) is 8.98. The average Bonchev–Trinajstić information content (AvgIpc) is 2.81. The van der Waals surface area contributed by atoms with Gasteiger partial charge in [-0.25, -0.2) is 13.6 Å². The zero-order valence-corrected chi connectivity index (χ0v) is 18.1. The van der Waals surface area contributed by atoms with Crippen molar-refractivity contribution in [2.24, 2.45) is 0 Å². The van der Waals surface area contributed by atoms with Gasteiger partial charge in [-0.05, 0) is 54.4 Å². The van der Waals surface area contributed by atoms with E-state index >= 15 is 0 Å². The van der Waals surface area contributed by atoms with Crippen LogP contribution in [0.15, 0.2) is 72.8 Å². The summed E-state index contributed by atoms with van der Waals surface area (Å²) in [4.78, 5) is 13.0. The zero-order valence-electron chi connectivity index (χ0n) is 17.3. The molecule has 0 spiro atoms. The van der Waals surface area contributed by atoms with E-state index in [0.717, 1.165) is 0 Å². The largest absolute Gasteiger partial charge is 0.462 e. The summed E-state index contributed by atoms with van der Waals surface area (Å²) in [6, 6.07) is 18.4. The molecule has 32 heavy (non-hydrogen) atoms. The van der Waals surface area contributed by atoms with E-state index in [0.29, 0.717) is 21.7 Å². The lowest BCUT2D eigenvalue weighted by molar-refractivity contribution is -0.290. The van der Waals surface area contributed by atoms with E-state index in [1.54, 1.807) is 55.5 Å². The fourth-order valence-corrected chi connectivity index (χ4v) is 3.99. The van der Waals surface area contributed by atoms with Crippen LogP contribution in [0.1, 0.15) is 23.6 Å². The van der Waals surface area contributed by atoms with Crippen LogP contribution in [-0.2, 0) is 30.2 Å². The number of hydrogen-bond acceptors (Lipinski definition) is 4. The van der Waals surface area contributed by atoms with Crippen molar-refractivity contribution in [2.75, 3.05) is 19.8 Å². The van der Waals surface area contributed by atoms with Crippen molar-refractivity contribution in [3.05, 3.63) is 106 Å². The van der Waals surface area contributed by atoms with Gasteiger partial charge in [0.2, 0.25) is 0 Å². The van der Waals surface area contributed by atoms with E-state index in [1.165, 1.54) is 24.3 Å². The third-order valence-corrected chi connectivity index (χ3v) is 5.86. The van der Waals surface area contributed by atoms with E-state index in [1.807, 2.05) is 0 Å². The molecule has 0 saturated carbocycles. The molecule has 4 nitrogen and oxygen atoms in total. The van der Waals surface area contributed by atoms with Crippen LogP contribution in [-0.4, -0.2) is 25.8 Å². The number of carbonyl (C=O) groups is 1. The molecule has 3 aromatic carbocycles. The second-order valence-electron chi connectivity index (χ2n) is 7.52. The summed E-state index contributed by atoms with van der Waals surface area (Å²) in [5, 5.41) is 0.496. The zero-order chi connectivity index (χ0) is 22.8. The molecular weight excluding hydrogens is 438 g/mol. The monoisotopic (exact) mass is 458 g/mol. The van der Waals surface area contributed by atoms with Gasteiger partial charge in [0, 0.05) is 10.6 Å². The number of rotatable bonds is 5. The Hall–Kier alpha value is -2.80. The van der Waals surface area contributed by atoms with Gasteiger partial charge in [0.25, 0.3) is 5.79 Å². The maximum atomic E-state index is 13.6. The third kappa shape index (κ3) is 4.01. The predicted octanol–water partition coefficient (Wildman–Crippen LogP) is 5.37. The molecule has 0 unspecified atom stereocenters. The predicted molar refractivity (Wildman–Crippen MR) is 115 cm³/mol. The van der Waals surface area contributed by atoms with Gasteiger partial charge in [0.05, 0.1) is 25.2 Å². The summed E-state index contributed by atoms with van der Waals surface area (Å²) >= 11 is 6.01. The maximum absolute atomic E-state index is 13.6. The number of carbonyl (C=O) groups excluding carboxylic acids is 1. The van der Waals surface area contributed by atoms with Crippen molar-refractivity contribution in [2.45, 2.75) is 18.1 Å². The van der Waals surface area contributed by atoms with Crippen molar-refractivity contribution in [1.82, 2.24) is 0 Å². The Kier molecular flexibility index (Phi) is 6.29. The van der Waals surface area contributed by atoms with Crippen LogP contribution >= 0.6 is 11.6 Å². The van der Waals surface area contributed by atoms with Crippen molar-refractivity contribution in [1.29, 1.82) is 0 Å². The van der Waals surface area contributed by atoms with Gasteiger partial charge >= 0.3 is 5.97 Å². The molecule has 0 aromatic heterocycles. The van der Waals surface area contributed by atoms with Crippen molar-refractivity contribution in [3.63, 3.8) is 0 Å². The standard InChI is InChI=1S/C25H21ClF2O4/c1-2-30-23(29)25(19-3-9-20(26)10-4-19)31-15-24(16-32-25,17-5-11-21(27)12-6-17)18-7-13-22(28)14-8-18/h3-14H,2,15-16H2,1H3. The lowest BCUT2D eigenvalue weighted by Crippen LogP contribution is -2.55. The van der Waals surface area contributed by atoms with Crippen LogP contribution in [0.4, 0.5) is 8.78 Å². The fraction of sp³-hybridized carbons (Fsp3) is 0.240. The van der Waals surface area contributed by atoms with E-state index in [9.17, 15) is 13.6 Å². The highest BCUT2D eigenvalue weighted by atomic mass is 35.5. The molecule has 0 radical (unpaired) electrons. The summed E-state index contributed by atoms with van der Waals surface area (Å²) in [6.07, 6.45) is 0. The maximum Gasteiger partial charge on any atom is 0.372 e. The molecule has 3 aromatic rings. The van der Waals surface area contributed by atoms with Crippen LogP contribution in [0, 0.1) is 11.6 Å². The molecule has 0 bridgehead atoms. The first-order valence-corrected chi connectivity index (χ1v) is 10.5. The minimum atomic E-state index is -1.79. The van der Waals surface area contributed by atoms with Gasteiger partial charge in [-0.1, -0.05) is 48.0 Å². The van der Waals surface area contributed by atoms with Crippen LogP contribution in [0.2, 0.25) is 5.02 Å². The number of ether oxygens (including phenoxy) is 3. The molecule has 0 aliphatic carbocycles. The van der Waals surface area contributed by atoms with Gasteiger partial charge in [0.1, 0.15) is 11.6 Å². The Bertz CT molecular complexity index is 1030. The van der Waals surface area contributed by atoms with E-state index < -0.39 is 17.2 Å². The molecule has 4 rings (SSSR count). The van der Waals surface area contributed by atoms with Crippen molar-refractivity contribution >= 4 is 17.6 Å². The highest BCUT2D eigenvalue weighted by Gasteiger charge is 2.53. The van der Waals surface area contributed by atoms with Crippen LogP contribution in [0.25, 0.3) is 0 Å². The minimum absolute atomic E-state index is 0.00566. The van der Waals surface area contributed by atoms with Crippen LogP contribution in [0.3, 0.4) is 0 Å². The Morgan fingerprint density at radius 2 is 1.28 bits per heavy atom. The molecule has 1 aliphatic heterocycles. The first-order valence-electron chi connectivity index (χ1n) is 10.1. The first kappa shape index (κ1) is 22.4. The number of halogens is 3. The SMILES string of the molecule is CCOC(=O)C1(c2ccc(Cl)cc2)OCC(c2ccc(F)cc2)(c2ccc(F)cc2)CO1. The van der Waals surface area contributed by atoms with Crippen molar-refractivity contribution in [3.8, 4) is 0 Å². The molecule has 166 valence electrons. The molecule has 7 heteroatoms. The highest BCUT2D eigenvalue weighted by Crippen LogP contribution is 2.43. The topological polar surface area (TPSA) is 44.8 Å². The summed E-state index contributed by atoms with van der Waals surface area (Å²) < 4.78 is 44.8. The Morgan fingerprint density at radius 3 is 1.72 bits per heavy atom. The lowest BCUT2D eigenvalue weighted by atomic mass is 9.75. The number of hydrogen-bond donors (Lipinski definition) is 0. The third-order valence-electron chi connectivity index (χ3n) is 5.61. The van der Waals surface area contributed by atoms with Gasteiger partial charge in [-0.3, -0.25) is 0 Å². The van der Waals surface area contributed by atoms with E-state index in [-0.39, 0.29) is 31.5 Å². The Labute approximate surface area is 189 Å². The van der Waals surface area contributed by atoms with Crippen LogP contribution < -0.4 is 0 Å². The van der Waals surface area contributed by atoms with Gasteiger partial charge in [0.15, 0.2) is 0 Å². The van der Waals surface area contributed by atoms with Crippen molar-refractivity contribution < 1.29 is 27.8 Å². The lowest BCUT2D eigenvalue weighted by Gasteiger charge is -2.45. The summed E-state index contributed by atoms with van der Waals surface area (Å²) in [7, 11) is 0. The smallest absolute Gasteiger partial charge is 0.372 e. The van der Waals surface area contributed by atoms with E-state index in [4.69, 9.17) is 25.8 Å². The molecule has 1 aliphatic rings. The minimum Gasteiger partial charge on any atom is -0.462 e. The van der Waals surface area contributed by atoms with Gasteiger partial charge in [-0.2, -0.15) is 0 Å². The first-order chi connectivity index (χ1) is 15.4. The fourth-order valence-electron chi connectivity index (χ4n) is 3.87. The Morgan fingerprint density at radius 1 is 0.844 bits per heavy atom. The van der Waals surface area contributed by atoms with E-state index in [2.05, 4.69) is 0 Å². The summed E-state index contributed by atoms with van der Waals surface area (Å²) in [5.74, 6) is -3.25. The molecule has 0 N–H and O–H groups in total.